The Bertz CT molecular complexity index is 1080. The van der Waals surface area contributed by atoms with Crippen molar-refractivity contribution in [1.29, 1.82) is 0 Å². The number of hydrogen-bond donors (Lipinski definition) is 2. The van der Waals surface area contributed by atoms with Gasteiger partial charge in [-0.3, -0.25) is 9.59 Å². The van der Waals surface area contributed by atoms with Crippen LogP contribution in [0.5, 0.6) is 5.75 Å². The zero-order chi connectivity index (χ0) is 21.7. The number of carboxylic acid groups (broad SMARTS) is 1. The Morgan fingerprint density at radius 1 is 1.13 bits per heavy atom. The summed E-state index contributed by atoms with van der Waals surface area (Å²) in [5.41, 5.74) is 3.06. The molecule has 30 heavy (non-hydrogen) atoms. The average Bonchev–Trinajstić information content (AvgIpc) is 2.73. The van der Waals surface area contributed by atoms with Crippen molar-refractivity contribution in [2.75, 3.05) is 7.11 Å². The van der Waals surface area contributed by atoms with E-state index >= 15 is 0 Å². The molecule has 6 nitrogen and oxygen atoms in total. The van der Waals surface area contributed by atoms with E-state index in [1.54, 1.807) is 36.4 Å². The number of halogens is 1. The number of rotatable bonds is 7. The fraction of sp³-hybridized carbons (Fsp3) is 0.174. The SMILES string of the molecule is COc1cc(Cl)ccc1-c1cccc(C(=O)N[C@@H](CC(=O)O)c2ccccc2C)n1. The number of methoxy groups -OCH3 is 1. The van der Waals surface area contributed by atoms with Crippen LogP contribution in [0.3, 0.4) is 0 Å². The number of aryl methyl sites for hydroxylation is 1. The molecule has 1 atom stereocenters. The second-order valence-electron chi connectivity index (χ2n) is 6.73. The van der Waals surface area contributed by atoms with Crippen molar-refractivity contribution in [3.05, 3.63) is 82.5 Å². The highest BCUT2D eigenvalue weighted by molar-refractivity contribution is 6.30. The maximum Gasteiger partial charge on any atom is 0.305 e. The lowest BCUT2D eigenvalue weighted by atomic mass is 9.98. The zero-order valence-electron chi connectivity index (χ0n) is 16.6. The molecular formula is C23H21ClN2O4. The van der Waals surface area contributed by atoms with Gasteiger partial charge in [-0.15, -0.1) is 0 Å². The number of aliphatic carboxylic acids is 1. The van der Waals surface area contributed by atoms with E-state index in [0.29, 0.717) is 22.0 Å². The molecule has 0 saturated carbocycles. The molecule has 0 bridgehead atoms. The van der Waals surface area contributed by atoms with E-state index in [1.807, 2.05) is 31.2 Å². The summed E-state index contributed by atoms with van der Waals surface area (Å²) in [5, 5.41) is 12.6. The summed E-state index contributed by atoms with van der Waals surface area (Å²) < 4.78 is 5.37. The fourth-order valence-electron chi connectivity index (χ4n) is 3.21. The van der Waals surface area contributed by atoms with Gasteiger partial charge in [0.1, 0.15) is 11.4 Å². The van der Waals surface area contributed by atoms with Crippen LogP contribution in [0.15, 0.2) is 60.7 Å². The van der Waals surface area contributed by atoms with Crippen LogP contribution in [0.1, 0.15) is 34.1 Å². The van der Waals surface area contributed by atoms with Crippen molar-refractivity contribution < 1.29 is 19.4 Å². The van der Waals surface area contributed by atoms with Crippen molar-refractivity contribution >= 4 is 23.5 Å². The molecule has 1 amide bonds. The van der Waals surface area contributed by atoms with Crippen LogP contribution in [0.2, 0.25) is 5.02 Å². The van der Waals surface area contributed by atoms with Gasteiger partial charge >= 0.3 is 5.97 Å². The van der Waals surface area contributed by atoms with Crippen LogP contribution in [-0.4, -0.2) is 29.1 Å². The van der Waals surface area contributed by atoms with E-state index in [-0.39, 0.29) is 12.1 Å². The summed E-state index contributed by atoms with van der Waals surface area (Å²) in [6, 6.07) is 16.9. The minimum atomic E-state index is -1.00. The minimum Gasteiger partial charge on any atom is -0.496 e. The average molecular weight is 425 g/mol. The second-order valence-corrected chi connectivity index (χ2v) is 7.17. The summed E-state index contributed by atoms with van der Waals surface area (Å²) in [6.45, 7) is 1.88. The Balaban J connectivity index is 1.90. The quantitative estimate of drug-likeness (QED) is 0.575. The normalized spacial score (nSPS) is 11.6. The number of pyridine rings is 1. The third-order valence-electron chi connectivity index (χ3n) is 4.67. The Morgan fingerprint density at radius 3 is 2.60 bits per heavy atom. The largest absolute Gasteiger partial charge is 0.496 e. The molecule has 2 N–H and O–H groups in total. The molecule has 3 aromatic rings. The molecule has 0 spiro atoms. The molecular weight excluding hydrogens is 404 g/mol. The van der Waals surface area contributed by atoms with Gasteiger partial charge in [0.15, 0.2) is 0 Å². The molecule has 0 radical (unpaired) electrons. The van der Waals surface area contributed by atoms with Crippen molar-refractivity contribution in [3.63, 3.8) is 0 Å². The highest BCUT2D eigenvalue weighted by Crippen LogP contribution is 2.31. The number of carboxylic acids is 1. The van der Waals surface area contributed by atoms with E-state index in [1.165, 1.54) is 7.11 Å². The van der Waals surface area contributed by atoms with E-state index in [0.717, 1.165) is 11.1 Å². The molecule has 0 unspecified atom stereocenters. The van der Waals surface area contributed by atoms with Gasteiger partial charge in [-0.05, 0) is 48.4 Å². The highest BCUT2D eigenvalue weighted by atomic mass is 35.5. The summed E-state index contributed by atoms with van der Waals surface area (Å²) in [4.78, 5) is 28.7. The number of carbonyl (C=O) groups is 2. The Hall–Kier alpha value is -3.38. The Labute approximate surface area is 179 Å². The lowest BCUT2D eigenvalue weighted by Crippen LogP contribution is -2.31. The number of aromatic nitrogens is 1. The standard InChI is InChI=1S/C23H21ClN2O4/c1-14-6-3-4-7-16(14)20(13-22(27)28)26-23(29)19-9-5-8-18(25-19)17-11-10-15(24)12-21(17)30-2/h3-12,20H,13H2,1-2H3,(H,26,29)(H,27,28)/t20-/m0/s1. The summed E-state index contributed by atoms with van der Waals surface area (Å²) in [6.07, 6.45) is -0.235. The van der Waals surface area contributed by atoms with Crippen LogP contribution in [-0.2, 0) is 4.79 Å². The van der Waals surface area contributed by atoms with Gasteiger partial charge in [0, 0.05) is 10.6 Å². The first-order chi connectivity index (χ1) is 14.4. The van der Waals surface area contributed by atoms with Gasteiger partial charge in [0.2, 0.25) is 0 Å². The zero-order valence-corrected chi connectivity index (χ0v) is 17.3. The van der Waals surface area contributed by atoms with Gasteiger partial charge in [-0.2, -0.15) is 0 Å². The Kier molecular flexibility index (Phi) is 6.69. The molecule has 154 valence electrons. The predicted molar refractivity (Wildman–Crippen MR) is 115 cm³/mol. The van der Waals surface area contributed by atoms with Gasteiger partial charge in [0.25, 0.3) is 5.91 Å². The summed E-state index contributed by atoms with van der Waals surface area (Å²) in [7, 11) is 1.53. The first kappa shape index (κ1) is 21.3. The fourth-order valence-corrected chi connectivity index (χ4v) is 3.37. The molecule has 0 aliphatic heterocycles. The number of amides is 1. The number of benzene rings is 2. The highest BCUT2D eigenvalue weighted by Gasteiger charge is 2.21. The van der Waals surface area contributed by atoms with Crippen LogP contribution >= 0.6 is 11.6 Å². The topological polar surface area (TPSA) is 88.5 Å². The number of carbonyl (C=O) groups excluding carboxylic acids is 1. The third-order valence-corrected chi connectivity index (χ3v) is 4.90. The van der Waals surface area contributed by atoms with Crippen LogP contribution in [0.25, 0.3) is 11.3 Å². The molecule has 0 aliphatic carbocycles. The summed E-state index contributed by atoms with van der Waals surface area (Å²) >= 11 is 6.02. The lowest BCUT2D eigenvalue weighted by Gasteiger charge is -2.19. The number of ether oxygens (including phenoxy) is 1. The monoisotopic (exact) mass is 424 g/mol. The maximum atomic E-state index is 12.9. The van der Waals surface area contributed by atoms with Crippen LogP contribution in [0.4, 0.5) is 0 Å². The number of nitrogens with one attached hydrogen (secondary N) is 1. The second kappa shape index (κ2) is 9.41. The predicted octanol–water partition coefficient (Wildman–Crippen LogP) is 4.66. The van der Waals surface area contributed by atoms with Gasteiger partial charge < -0.3 is 15.2 Å². The molecule has 7 heteroatoms. The van der Waals surface area contributed by atoms with E-state index in [9.17, 15) is 14.7 Å². The van der Waals surface area contributed by atoms with Crippen molar-refractivity contribution in [2.45, 2.75) is 19.4 Å². The van der Waals surface area contributed by atoms with Crippen LogP contribution < -0.4 is 10.1 Å². The van der Waals surface area contributed by atoms with E-state index in [2.05, 4.69) is 10.3 Å². The smallest absolute Gasteiger partial charge is 0.305 e. The van der Waals surface area contributed by atoms with Crippen molar-refractivity contribution in [2.24, 2.45) is 0 Å². The molecule has 3 rings (SSSR count). The molecule has 1 aromatic heterocycles. The lowest BCUT2D eigenvalue weighted by molar-refractivity contribution is -0.137. The van der Waals surface area contributed by atoms with E-state index < -0.39 is 17.9 Å². The number of hydrogen-bond acceptors (Lipinski definition) is 4. The number of nitrogens with zero attached hydrogens (tertiary/aromatic N) is 1. The molecule has 2 aromatic carbocycles. The van der Waals surface area contributed by atoms with Crippen molar-refractivity contribution in [3.8, 4) is 17.0 Å². The molecule has 0 fully saturated rings. The van der Waals surface area contributed by atoms with Gasteiger partial charge in [-0.1, -0.05) is 41.9 Å². The molecule has 0 aliphatic rings. The molecule has 0 saturated heterocycles. The third kappa shape index (κ3) is 4.96. The van der Waals surface area contributed by atoms with Crippen LogP contribution in [0, 0.1) is 6.92 Å². The first-order valence-corrected chi connectivity index (χ1v) is 9.66. The van der Waals surface area contributed by atoms with Gasteiger partial charge in [0.05, 0.1) is 25.3 Å². The van der Waals surface area contributed by atoms with Crippen molar-refractivity contribution in [1.82, 2.24) is 10.3 Å². The Morgan fingerprint density at radius 2 is 1.90 bits per heavy atom. The summed E-state index contributed by atoms with van der Waals surface area (Å²) in [5.74, 6) is -0.924. The maximum absolute atomic E-state index is 12.9. The van der Waals surface area contributed by atoms with E-state index in [4.69, 9.17) is 16.3 Å². The minimum absolute atomic E-state index is 0.175. The first-order valence-electron chi connectivity index (χ1n) is 9.28. The van der Waals surface area contributed by atoms with Gasteiger partial charge in [-0.25, -0.2) is 4.98 Å². The molecule has 1 heterocycles.